The van der Waals surface area contributed by atoms with Gasteiger partial charge >= 0.3 is 5.97 Å². The van der Waals surface area contributed by atoms with Crippen molar-refractivity contribution in [2.24, 2.45) is 5.92 Å². The molecule has 1 N–H and O–H groups in total. The van der Waals surface area contributed by atoms with Crippen molar-refractivity contribution in [3.63, 3.8) is 0 Å². The summed E-state index contributed by atoms with van der Waals surface area (Å²) in [5, 5.41) is 8.79. The molecule has 0 aliphatic rings. The van der Waals surface area contributed by atoms with Crippen molar-refractivity contribution in [3.8, 4) is 0 Å². The molecule has 100 valence electrons. The highest BCUT2D eigenvalue weighted by atomic mass is 16.5. The number of carboxylic acid groups (broad SMARTS) is 1. The van der Waals surface area contributed by atoms with Gasteiger partial charge in [-0.05, 0) is 20.3 Å². The van der Waals surface area contributed by atoms with E-state index in [1.54, 1.807) is 11.8 Å². The lowest BCUT2D eigenvalue weighted by Crippen LogP contribution is -2.36. The molecule has 1 atom stereocenters. The minimum absolute atomic E-state index is 0.0948. The van der Waals surface area contributed by atoms with Gasteiger partial charge in [-0.15, -0.1) is 0 Å². The fourth-order valence-corrected chi connectivity index (χ4v) is 1.36. The fraction of sp³-hybridized carbons (Fsp3) is 0.833. The van der Waals surface area contributed by atoms with Gasteiger partial charge in [-0.1, -0.05) is 6.92 Å². The molecule has 5 nitrogen and oxygen atoms in total. The van der Waals surface area contributed by atoms with Gasteiger partial charge in [0.1, 0.15) is 0 Å². The summed E-state index contributed by atoms with van der Waals surface area (Å²) >= 11 is 0. The summed E-state index contributed by atoms with van der Waals surface area (Å²) in [6.07, 6.45) is 0.906. The maximum Gasteiger partial charge on any atom is 0.308 e. The number of ether oxygens (including phenoxy) is 1. The molecule has 0 saturated carbocycles. The van der Waals surface area contributed by atoms with Crippen LogP contribution in [0.25, 0.3) is 0 Å². The molecule has 0 bridgehead atoms. The Bertz CT molecular complexity index is 253. The summed E-state index contributed by atoms with van der Waals surface area (Å²) in [7, 11) is 0. The molecule has 0 aromatic rings. The topological polar surface area (TPSA) is 66.8 Å². The smallest absolute Gasteiger partial charge is 0.308 e. The Labute approximate surface area is 103 Å². The molecule has 1 unspecified atom stereocenters. The van der Waals surface area contributed by atoms with E-state index < -0.39 is 11.9 Å². The molecule has 0 aliphatic heterocycles. The van der Waals surface area contributed by atoms with Crippen LogP contribution in [0, 0.1) is 5.92 Å². The van der Waals surface area contributed by atoms with Crippen LogP contribution in [0.3, 0.4) is 0 Å². The first-order chi connectivity index (χ1) is 7.84. The number of aliphatic carboxylic acids is 1. The zero-order chi connectivity index (χ0) is 13.4. The van der Waals surface area contributed by atoms with E-state index in [4.69, 9.17) is 9.84 Å². The van der Waals surface area contributed by atoms with Crippen molar-refractivity contribution >= 4 is 11.9 Å². The van der Waals surface area contributed by atoms with Gasteiger partial charge in [-0.2, -0.15) is 0 Å². The number of carbonyl (C=O) groups is 2. The SMILES string of the molecule is CC(=O)N(CCCOC(C)C)CC(C)C(=O)O. The predicted molar refractivity (Wildman–Crippen MR) is 64.8 cm³/mol. The Morgan fingerprint density at radius 2 is 1.88 bits per heavy atom. The Kier molecular flexibility index (Phi) is 7.54. The summed E-state index contributed by atoms with van der Waals surface area (Å²) in [4.78, 5) is 23.6. The van der Waals surface area contributed by atoms with Crippen LogP contribution in [0.2, 0.25) is 0 Å². The lowest BCUT2D eigenvalue weighted by Gasteiger charge is -2.23. The van der Waals surface area contributed by atoms with Crippen LogP contribution >= 0.6 is 0 Å². The van der Waals surface area contributed by atoms with E-state index in [1.807, 2.05) is 13.8 Å². The Balaban J connectivity index is 3.99. The predicted octanol–water partition coefficient (Wildman–Crippen LogP) is 1.37. The summed E-state index contributed by atoms with van der Waals surface area (Å²) in [6.45, 7) is 8.35. The summed E-state index contributed by atoms with van der Waals surface area (Å²) in [5.74, 6) is -1.51. The van der Waals surface area contributed by atoms with Crippen molar-refractivity contribution in [1.82, 2.24) is 4.90 Å². The maximum atomic E-state index is 11.3. The quantitative estimate of drug-likeness (QED) is 0.656. The Morgan fingerprint density at radius 1 is 1.29 bits per heavy atom. The zero-order valence-electron chi connectivity index (χ0n) is 11.1. The van der Waals surface area contributed by atoms with Gasteiger partial charge in [0.2, 0.25) is 5.91 Å². The number of carboxylic acids is 1. The van der Waals surface area contributed by atoms with E-state index in [0.717, 1.165) is 6.42 Å². The second-order valence-corrected chi connectivity index (χ2v) is 4.48. The molecule has 5 heteroatoms. The first kappa shape index (κ1) is 15.9. The Hall–Kier alpha value is -1.10. The molecule has 0 saturated heterocycles. The molecular weight excluding hydrogens is 222 g/mol. The van der Waals surface area contributed by atoms with E-state index >= 15 is 0 Å². The van der Waals surface area contributed by atoms with E-state index in [2.05, 4.69) is 0 Å². The molecule has 0 spiro atoms. The molecule has 0 fully saturated rings. The summed E-state index contributed by atoms with van der Waals surface area (Å²) < 4.78 is 5.37. The van der Waals surface area contributed by atoms with Gasteiger partial charge in [0.15, 0.2) is 0 Å². The second-order valence-electron chi connectivity index (χ2n) is 4.48. The minimum atomic E-state index is -0.880. The molecule has 0 radical (unpaired) electrons. The maximum absolute atomic E-state index is 11.3. The van der Waals surface area contributed by atoms with Crippen LogP contribution in [0.1, 0.15) is 34.1 Å². The molecule has 0 aromatic heterocycles. The van der Waals surface area contributed by atoms with Gasteiger partial charge in [-0.25, -0.2) is 0 Å². The average molecular weight is 245 g/mol. The zero-order valence-corrected chi connectivity index (χ0v) is 11.1. The average Bonchev–Trinajstić information content (AvgIpc) is 2.21. The highest BCUT2D eigenvalue weighted by molar-refractivity contribution is 5.75. The third-order valence-corrected chi connectivity index (χ3v) is 2.38. The van der Waals surface area contributed by atoms with Crippen molar-refractivity contribution < 1.29 is 19.4 Å². The number of nitrogens with zero attached hydrogens (tertiary/aromatic N) is 1. The lowest BCUT2D eigenvalue weighted by atomic mass is 10.1. The number of rotatable bonds is 8. The molecule has 1 amide bonds. The first-order valence-corrected chi connectivity index (χ1v) is 5.94. The molecule has 17 heavy (non-hydrogen) atoms. The van der Waals surface area contributed by atoms with E-state index in [1.165, 1.54) is 6.92 Å². The van der Waals surface area contributed by atoms with Crippen LogP contribution in [-0.2, 0) is 14.3 Å². The van der Waals surface area contributed by atoms with Crippen molar-refractivity contribution in [2.75, 3.05) is 19.7 Å². The highest BCUT2D eigenvalue weighted by Gasteiger charge is 2.17. The van der Waals surface area contributed by atoms with Crippen molar-refractivity contribution in [1.29, 1.82) is 0 Å². The van der Waals surface area contributed by atoms with Crippen LogP contribution in [0.15, 0.2) is 0 Å². The van der Waals surface area contributed by atoms with Crippen LogP contribution in [-0.4, -0.2) is 47.7 Å². The third kappa shape index (κ3) is 7.74. The van der Waals surface area contributed by atoms with E-state index in [9.17, 15) is 9.59 Å². The van der Waals surface area contributed by atoms with Gasteiger partial charge in [0, 0.05) is 26.6 Å². The van der Waals surface area contributed by atoms with Gasteiger partial charge in [0.25, 0.3) is 0 Å². The molecule has 0 aromatic carbocycles. The highest BCUT2D eigenvalue weighted by Crippen LogP contribution is 2.02. The number of hydrogen-bond acceptors (Lipinski definition) is 3. The normalized spacial score (nSPS) is 12.5. The Morgan fingerprint density at radius 3 is 2.29 bits per heavy atom. The van der Waals surface area contributed by atoms with Crippen molar-refractivity contribution in [3.05, 3.63) is 0 Å². The standard InChI is InChI=1S/C12H23NO4/c1-9(2)17-7-5-6-13(11(4)14)8-10(3)12(15)16/h9-10H,5-8H2,1-4H3,(H,15,16). The van der Waals surface area contributed by atoms with Crippen LogP contribution < -0.4 is 0 Å². The number of carbonyl (C=O) groups excluding carboxylic acids is 1. The molecule has 0 aliphatic carbocycles. The van der Waals surface area contributed by atoms with E-state index in [0.29, 0.717) is 13.2 Å². The minimum Gasteiger partial charge on any atom is -0.481 e. The van der Waals surface area contributed by atoms with Gasteiger partial charge in [0.05, 0.1) is 12.0 Å². The molecular formula is C12H23NO4. The van der Waals surface area contributed by atoms with Crippen molar-refractivity contribution in [2.45, 2.75) is 40.2 Å². The fourth-order valence-electron chi connectivity index (χ4n) is 1.36. The largest absolute Gasteiger partial charge is 0.481 e. The molecule has 0 rings (SSSR count). The summed E-state index contributed by atoms with van der Waals surface area (Å²) in [6, 6.07) is 0. The van der Waals surface area contributed by atoms with Gasteiger partial charge < -0.3 is 14.7 Å². The second kappa shape index (κ2) is 8.06. The van der Waals surface area contributed by atoms with Gasteiger partial charge in [-0.3, -0.25) is 9.59 Å². The van der Waals surface area contributed by atoms with E-state index in [-0.39, 0.29) is 18.6 Å². The first-order valence-electron chi connectivity index (χ1n) is 5.94. The van der Waals surface area contributed by atoms with Crippen LogP contribution in [0.4, 0.5) is 0 Å². The summed E-state index contributed by atoms with van der Waals surface area (Å²) in [5.41, 5.74) is 0. The number of hydrogen-bond donors (Lipinski definition) is 1. The lowest BCUT2D eigenvalue weighted by molar-refractivity contribution is -0.142. The monoisotopic (exact) mass is 245 g/mol. The number of amides is 1. The molecule has 0 heterocycles. The van der Waals surface area contributed by atoms with Crippen LogP contribution in [0.5, 0.6) is 0 Å². The third-order valence-electron chi connectivity index (χ3n) is 2.38.